The molecule has 0 bridgehead atoms. The molecule has 0 radical (unpaired) electrons. The second kappa shape index (κ2) is 6.31. The Morgan fingerprint density at radius 2 is 2.06 bits per heavy atom. The number of benzene rings is 1. The number of esters is 1. The first kappa shape index (κ1) is 14.4. The van der Waals surface area contributed by atoms with Crippen LogP contribution in [-0.2, 0) is 10.1 Å². The minimum absolute atomic E-state index is 0.131. The molecule has 0 N–H and O–H groups in total. The first-order valence-corrected chi connectivity index (χ1v) is 7.01. The summed E-state index contributed by atoms with van der Waals surface area (Å²) < 4.78 is 4.72. The van der Waals surface area contributed by atoms with Crippen LogP contribution >= 0.6 is 31.9 Å². The van der Waals surface area contributed by atoms with Gasteiger partial charge in [0.1, 0.15) is 0 Å². The fourth-order valence-corrected chi connectivity index (χ4v) is 2.19. The third-order valence-electron chi connectivity index (χ3n) is 2.31. The van der Waals surface area contributed by atoms with Gasteiger partial charge < -0.3 is 4.74 Å². The number of halogens is 2. The molecule has 0 fully saturated rings. The first-order chi connectivity index (χ1) is 8.02. The minimum Gasteiger partial charge on any atom is -0.465 e. The van der Waals surface area contributed by atoms with Crippen LogP contribution in [0.1, 0.15) is 33.2 Å². The van der Waals surface area contributed by atoms with Gasteiger partial charge in [-0.25, -0.2) is 4.79 Å². The van der Waals surface area contributed by atoms with E-state index in [-0.39, 0.29) is 10.6 Å². The molecule has 3 nitrogen and oxygen atoms in total. The molecule has 0 aliphatic rings. The lowest BCUT2D eigenvalue weighted by molar-refractivity contribution is 0.0596. The van der Waals surface area contributed by atoms with Crippen molar-refractivity contribution in [3.63, 3.8) is 0 Å². The highest BCUT2D eigenvalue weighted by Crippen LogP contribution is 2.21. The fraction of sp³-hybridized carbons (Fsp3) is 0.333. The van der Waals surface area contributed by atoms with E-state index in [4.69, 9.17) is 4.74 Å². The largest absolute Gasteiger partial charge is 0.465 e. The molecule has 17 heavy (non-hydrogen) atoms. The summed E-state index contributed by atoms with van der Waals surface area (Å²) in [6.45, 7) is 1.73. The van der Waals surface area contributed by atoms with Crippen molar-refractivity contribution >= 4 is 43.6 Å². The predicted octanol–water partition coefficient (Wildman–Crippen LogP) is 3.33. The van der Waals surface area contributed by atoms with Crippen LogP contribution in [0.2, 0.25) is 0 Å². The number of carbonyl (C=O) groups is 2. The lowest BCUT2D eigenvalue weighted by Gasteiger charge is -2.11. The molecule has 1 aromatic rings. The number of alkyl halides is 2. The lowest BCUT2D eigenvalue weighted by Crippen LogP contribution is -2.17. The summed E-state index contributed by atoms with van der Waals surface area (Å²) in [5, 5.41) is 0.495. The van der Waals surface area contributed by atoms with Crippen molar-refractivity contribution in [3.05, 3.63) is 34.9 Å². The molecule has 0 saturated carbocycles. The van der Waals surface area contributed by atoms with Gasteiger partial charge in [0, 0.05) is 10.9 Å². The molecule has 0 aliphatic heterocycles. The van der Waals surface area contributed by atoms with Gasteiger partial charge in [-0.3, -0.25) is 4.79 Å². The smallest absolute Gasteiger partial charge is 0.338 e. The number of rotatable bonds is 4. The van der Waals surface area contributed by atoms with Crippen molar-refractivity contribution in [2.75, 3.05) is 7.11 Å². The van der Waals surface area contributed by atoms with Crippen LogP contribution in [-0.4, -0.2) is 23.7 Å². The highest BCUT2D eigenvalue weighted by atomic mass is 79.9. The molecule has 1 rings (SSSR count). The molecule has 1 unspecified atom stereocenters. The van der Waals surface area contributed by atoms with Crippen molar-refractivity contribution in [1.82, 2.24) is 0 Å². The fourth-order valence-electron chi connectivity index (χ4n) is 1.47. The number of ketones is 1. The Balaban J connectivity index is 3.39. The van der Waals surface area contributed by atoms with Crippen molar-refractivity contribution in [2.24, 2.45) is 0 Å². The predicted molar refractivity (Wildman–Crippen MR) is 73.1 cm³/mol. The molecule has 5 heteroatoms. The van der Waals surface area contributed by atoms with E-state index < -0.39 is 5.97 Å². The Morgan fingerprint density at radius 1 is 1.41 bits per heavy atom. The summed E-state index contributed by atoms with van der Waals surface area (Å²) in [5.41, 5.74) is 1.47. The topological polar surface area (TPSA) is 43.4 Å². The van der Waals surface area contributed by atoms with Gasteiger partial charge in [-0.1, -0.05) is 50.1 Å². The number of hydrogen-bond acceptors (Lipinski definition) is 3. The zero-order valence-corrected chi connectivity index (χ0v) is 12.7. The third-order valence-corrected chi connectivity index (χ3v) is 3.33. The van der Waals surface area contributed by atoms with E-state index in [1.54, 1.807) is 25.1 Å². The van der Waals surface area contributed by atoms with Gasteiger partial charge in [-0.2, -0.15) is 0 Å². The lowest BCUT2D eigenvalue weighted by atomic mass is 9.98. The zero-order valence-electron chi connectivity index (χ0n) is 9.50. The second-order valence-corrected chi connectivity index (χ2v) is 5.38. The quantitative estimate of drug-likeness (QED) is 0.468. The normalized spacial score (nSPS) is 12.0. The molecular weight excluding hydrogens is 352 g/mol. The van der Waals surface area contributed by atoms with Crippen molar-refractivity contribution in [2.45, 2.75) is 17.1 Å². The Kier molecular flexibility index (Phi) is 5.33. The maximum atomic E-state index is 12.0. The van der Waals surface area contributed by atoms with E-state index in [0.29, 0.717) is 16.5 Å². The van der Waals surface area contributed by atoms with Crippen molar-refractivity contribution in [3.8, 4) is 0 Å². The van der Waals surface area contributed by atoms with Crippen LogP contribution in [0.15, 0.2) is 18.2 Å². The van der Waals surface area contributed by atoms with E-state index in [1.807, 2.05) is 0 Å². The molecule has 1 aromatic carbocycles. The summed E-state index contributed by atoms with van der Waals surface area (Å²) in [5.74, 6) is -0.621. The van der Waals surface area contributed by atoms with Crippen LogP contribution in [0.25, 0.3) is 0 Å². The number of methoxy groups -OCH3 is 1. The molecule has 0 amide bonds. The summed E-state index contributed by atoms with van der Waals surface area (Å²) in [7, 11) is 1.30. The highest BCUT2D eigenvalue weighted by Gasteiger charge is 2.22. The van der Waals surface area contributed by atoms with Crippen molar-refractivity contribution in [1.29, 1.82) is 0 Å². The van der Waals surface area contributed by atoms with Gasteiger partial charge in [0.2, 0.25) is 0 Å². The van der Waals surface area contributed by atoms with Gasteiger partial charge in [-0.15, -0.1) is 0 Å². The van der Waals surface area contributed by atoms with Gasteiger partial charge in [0.05, 0.1) is 17.5 Å². The van der Waals surface area contributed by atoms with Gasteiger partial charge in [-0.05, 0) is 12.5 Å². The van der Waals surface area contributed by atoms with Crippen LogP contribution in [0.4, 0.5) is 0 Å². The average molecular weight is 364 g/mol. The Labute approximate surface area is 117 Å². The molecular formula is C12H12Br2O3. The number of ether oxygens (including phenoxy) is 1. The molecule has 0 aromatic heterocycles. The van der Waals surface area contributed by atoms with Crippen LogP contribution in [0.3, 0.4) is 0 Å². The Bertz CT molecular complexity index is 441. The zero-order chi connectivity index (χ0) is 13.0. The molecule has 0 aliphatic carbocycles. The van der Waals surface area contributed by atoms with E-state index in [9.17, 15) is 9.59 Å². The van der Waals surface area contributed by atoms with Crippen molar-refractivity contribution < 1.29 is 14.3 Å². The van der Waals surface area contributed by atoms with Gasteiger partial charge in [0.25, 0.3) is 0 Å². The summed E-state index contributed by atoms with van der Waals surface area (Å²) >= 11 is 6.51. The van der Waals surface area contributed by atoms with Crippen LogP contribution in [0.5, 0.6) is 0 Å². The Hall–Kier alpha value is -0.680. The highest BCUT2D eigenvalue weighted by molar-refractivity contribution is 9.10. The molecule has 0 heterocycles. The molecule has 1 atom stereocenters. The molecule has 0 spiro atoms. The Morgan fingerprint density at radius 3 is 2.53 bits per heavy atom. The summed E-state index contributed by atoms with van der Waals surface area (Å²) in [6, 6.07) is 5.18. The maximum Gasteiger partial charge on any atom is 0.338 e. The third kappa shape index (κ3) is 3.16. The van der Waals surface area contributed by atoms with E-state index in [1.165, 1.54) is 7.11 Å². The first-order valence-electron chi connectivity index (χ1n) is 4.97. The number of carbonyl (C=O) groups excluding carboxylic acids is 2. The van der Waals surface area contributed by atoms with E-state index in [0.717, 1.165) is 5.56 Å². The maximum absolute atomic E-state index is 12.0. The van der Waals surface area contributed by atoms with E-state index >= 15 is 0 Å². The minimum atomic E-state index is -0.489. The number of hydrogen-bond donors (Lipinski definition) is 0. The van der Waals surface area contributed by atoms with E-state index in [2.05, 4.69) is 31.9 Å². The van der Waals surface area contributed by atoms with Crippen LogP contribution < -0.4 is 0 Å². The van der Waals surface area contributed by atoms with Gasteiger partial charge >= 0.3 is 5.97 Å². The summed E-state index contributed by atoms with van der Waals surface area (Å²) in [6.07, 6.45) is 0. The standard InChI is InChI=1S/C12H12Br2O3/c1-7(14)11(15)9-5-3-4-8(6-13)10(9)12(16)17-2/h3-5,7H,6H2,1-2H3. The SMILES string of the molecule is COC(=O)c1c(CBr)cccc1C(=O)C(C)Br. The second-order valence-electron chi connectivity index (χ2n) is 3.45. The van der Waals surface area contributed by atoms with Crippen LogP contribution in [0, 0.1) is 0 Å². The molecule has 92 valence electrons. The summed E-state index contributed by atoms with van der Waals surface area (Å²) in [4.78, 5) is 23.4. The molecule has 0 saturated heterocycles. The monoisotopic (exact) mass is 362 g/mol. The number of Topliss-reactive ketones (excluding diaryl/α,β-unsaturated/α-hetero) is 1. The van der Waals surface area contributed by atoms with Gasteiger partial charge in [0.15, 0.2) is 5.78 Å². The average Bonchev–Trinajstić information content (AvgIpc) is 2.35.